The molecule has 0 atom stereocenters. The summed E-state index contributed by atoms with van der Waals surface area (Å²) in [6.07, 6.45) is -4.42. The molecular formula is C20H15Cl2F3N4O3. The van der Waals surface area contributed by atoms with E-state index in [0.29, 0.717) is 24.3 Å². The largest absolute Gasteiger partial charge is 0.505 e. The lowest BCUT2D eigenvalue weighted by Gasteiger charge is -2.35. The van der Waals surface area contributed by atoms with E-state index in [9.17, 15) is 23.1 Å². The van der Waals surface area contributed by atoms with Crippen molar-refractivity contribution in [3.63, 3.8) is 0 Å². The standard InChI is InChI=1S/C20H15Cl2F3N4O3/c21-14-8-11(9-15(22)16(14)30)17-26-27-18(32-17)19(31)29-6-4-28(5-7-29)13-3-1-2-12(10-13)20(23,24)25/h1-3,8-10,30H,4-7H2. The molecule has 1 aromatic heterocycles. The van der Waals surface area contributed by atoms with Crippen LogP contribution >= 0.6 is 23.2 Å². The number of hydrogen-bond acceptors (Lipinski definition) is 6. The van der Waals surface area contributed by atoms with Crippen molar-refractivity contribution in [3.8, 4) is 17.2 Å². The van der Waals surface area contributed by atoms with Gasteiger partial charge in [-0.1, -0.05) is 29.3 Å². The molecule has 1 N–H and O–H groups in total. The third-order valence-corrected chi connectivity index (χ3v) is 5.55. The van der Waals surface area contributed by atoms with Gasteiger partial charge >= 0.3 is 18.0 Å². The van der Waals surface area contributed by atoms with Crippen molar-refractivity contribution in [2.24, 2.45) is 0 Å². The quantitative estimate of drug-likeness (QED) is 0.576. The number of rotatable bonds is 3. The van der Waals surface area contributed by atoms with Crippen LogP contribution in [0.5, 0.6) is 5.75 Å². The Morgan fingerprint density at radius 3 is 2.31 bits per heavy atom. The van der Waals surface area contributed by atoms with E-state index in [1.165, 1.54) is 23.1 Å². The fourth-order valence-corrected chi connectivity index (χ4v) is 3.78. The molecule has 0 saturated carbocycles. The SMILES string of the molecule is O=C(c1nnc(-c2cc(Cl)c(O)c(Cl)c2)o1)N1CCN(c2cccc(C(F)(F)F)c2)CC1. The van der Waals surface area contributed by atoms with Crippen molar-refractivity contribution in [2.75, 3.05) is 31.1 Å². The maximum absolute atomic E-state index is 13.0. The minimum Gasteiger partial charge on any atom is -0.505 e. The molecule has 3 aromatic rings. The van der Waals surface area contributed by atoms with E-state index >= 15 is 0 Å². The molecule has 1 fully saturated rings. The lowest BCUT2D eigenvalue weighted by atomic mass is 10.1. The highest BCUT2D eigenvalue weighted by atomic mass is 35.5. The van der Waals surface area contributed by atoms with Gasteiger partial charge in [0.2, 0.25) is 5.89 Å². The summed E-state index contributed by atoms with van der Waals surface area (Å²) in [5, 5.41) is 17.2. The van der Waals surface area contributed by atoms with E-state index in [2.05, 4.69) is 10.2 Å². The molecule has 168 valence electrons. The first-order chi connectivity index (χ1) is 15.1. The Hall–Kier alpha value is -2.98. The summed E-state index contributed by atoms with van der Waals surface area (Å²) in [5.41, 5.74) is 0.0492. The number of benzene rings is 2. The van der Waals surface area contributed by atoms with Crippen LogP contribution in [-0.2, 0) is 6.18 Å². The summed E-state index contributed by atoms with van der Waals surface area (Å²) >= 11 is 11.8. The maximum atomic E-state index is 13.0. The third-order valence-electron chi connectivity index (χ3n) is 4.98. The van der Waals surface area contributed by atoms with Crippen LogP contribution in [0.2, 0.25) is 10.0 Å². The molecule has 7 nitrogen and oxygen atoms in total. The first-order valence-electron chi connectivity index (χ1n) is 9.37. The smallest absolute Gasteiger partial charge is 0.416 e. The van der Waals surface area contributed by atoms with E-state index in [1.807, 2.05) is 0 Å². The summed E-state index contributed by atoms with van der Waals surface area (Å²) < 4.78 is 44.3. The third kappa shape index (κ3) is 4.46. The van der Waals surface area contributed by atoms with Crippen molar-refractivity contribution in [3.05, 3.63) is 57.9 Å². The predicted octanol–water partition coefficient (Wildman–Crippen LogP) is 4.73. The summed E-state index contributed by atoms with van der Waals surface area (Å²) in [6.45, 7) is 1.22. The summed E-state index contributed by atoms with van der Waals surface area (Å²) in [6, 6.07) is 7.82. The second-order valence-corrected chi connectivity index (χ2v) is 7.84. The van der Waals surface area contributed by atoms with Crippen molar-refractivity contribution in [1.29, 1.82) is 0 Å². The van der Waals surface area contributed by atoms with Crippen LogP contribution in [0.25, 0.3) is 11.5 Å². The Morgan fingerprint density at radius 2 is 1.69 bits per heavy atom. The molecule has 0 aliphatic carbocycles. The van der Waals surface area contributed by atoms with Crippen LogP contribution in [0.1, 0.15) is 16.2 Å². The van der Waals surface area contributed by atoms with Gasteiger partial charge in [0.15, 0.2) is 5.75 Å². The summed E-state index contributed by atoms with van der Waals surface area (Å²) in [7, 11) is 0. The maximum Gasteiger partial charge on any atom is 0.416 e. The molecule has 0 radical (unpaired) electrons. The van der Waals surface area contributed by atoms with Crippen molar-refractivity contribution in [2.45, 2.75) is 6.18 Å². The second kappa shape index (κ2) is 8.51. The molecule has 1 aliphatic rings. The number of amides is 1. The highest BCUT2D eigenvalue weighted by Crippen LogP contribution is 2.36. The molecule has 12 heteroatoms. The normalized spacial score (nSPS) is 14.7. The fourth-order valence-electron chi connectivity index (χ4n) is 3.30. The zero-order chi connectivity index (χ0) is 23.0. The molecule has 4 rings (SSSR count). The van der Waals surface area contributed by atoms with Crippen LogP contribution in [0.3, 0.4) is 0 Å². The number of aromatic hydroxyl groups is 1. The van der Waals surface area contributed by atoms with Gasteiger partial charge in [0.25, 0.3) is 0 Å². The van der Waals surface area contributed by atoms with Gasteiger partial charge in [-0.25, -0.2) is 0 Å². The number of anilines is 1. The summed E-state index contributed by atoms with van der Waals surface area (Å²) in [4.78, 5) is 16.0. The Balaban J connectivity index is 1.44. The van der Waals surface area contributed by atoms with Gasteiger partial charge in [-0.3, -0.25) is 4.79 Å². The van der Waals surface area contributed by atoms with Gasteiger partial charge in [0, 0.05) is 37.4 Å². The van der Waals surface area contributed by atoms with Gasteiger partial charge in [0.1, 0.15) is 0 Å². The number of halogens is 5. The van der Waals surface area contributed by atoms with E-state index in [-0.39, 0.29) is 40.7 Å². The van der Waals surface area contributed by atoms with Crippen molar-refractivity contribution >= 4 is 34.8 Å². The van der Waals surface area contributed by atoms with Gasteiger partial charge in [-0.2, -0.15) is 13.2 Å². The number of hydrogen-bond donors (Lipinski definition) is 1. The molecule has 32 heavy (non-hydrogen) atoms. The second-order valence-electron chi connectivity index (χ2n) is 7.03. The Morgan fingerprint density at radius 1 is 1.03 bits per heavy atom. The molecule has 1 amide bonds. The predicted molar refractivity (Wildman–Crippen MR) is 111 cm³/mol. The number of alkyl halides is 3. The molecular weight excluding hydrogens is 472 g/mol. The number of aromatic nitrogens is 2. The van der Waals surface area contributed by atoms with E-state index in [4.69, 9.17) is 27.6 Å². The number of carbonyl (C=O) groups excluding carboxylic acids is 1. The van der Waals surface area contributed by atoms with Crippen LogP contribution < -0.4 is 4.90 Å². The van der Waals surface area contributed by atoms with Crippen molar-refractivity contribution in [1.82, 2.24) is 15.1 Å². The monoisotopic (exact) mass is 486 g/mol. The molecule has 2 aromatic carbocycles. The van der Waals surface area contributed by atoms with Crippen LogP contribution in [0.4, 0.5) is 18.9 Å². The lowest BCUT2D eigenvalue weighted by molar-refractivity contribution is -0.137. The van der Waals surface area contributed by atoms with Gasteiger partial charge in [-0.15, -0.1) is 10.2 Å². The lowest BCUT2D eigenvalue weighted by Crippen LogP contribution is -2.49. The Labute approximate surface area is 190 Å². The number of nitrogens with zero attached hydrogens (tertiary/aromatic N) is 4. The zero-order valence-electron chi connectivity index (χ0n) is 16.2. The molecule has 0 spiro atoms. The first-order valence-corrected chi connectivity index (χ1v) is 10.1. The van der Waals surface area contributed by atoms with Gasteiger partial charge in [0.05, 0.1) is 15.6 Å². The number of carbonyl (C=O) groups is 1. The highest BCUT2D eigenvalue weighted by Gasteiger charge is 2.32. The highest BCUT2D eigenvalue weighted by molar-refractivity contribution is 6.37. The molecule has 0 unspecified atom stereocenters. The van der Waals surface area contributed by atoms with Crippen LogP contribution in [0.15, 0.2) is 40.8 Å². The van der Waals surface area contributed by atoms with Crippen molar-refractivity contribution < 1.29 is 27.5 Å². The Bertz CT molecular complexity index is 1140. The van der Waals surface area contributed by atoms with E-state index in [0.717, 1.165) is 12.1 Å². The number of phenolic OH excluding ortho intramolecular Hbond substituents is 1. The first kappa shape index (κ1) is 22.2. The van der Waals surface area contributed by atoms with Crippen LogP contribution in [-0.4, -0.2) is 52.3 Å². The van der Waals surface area contributed by atoms with Gasteiger partial charge < -0.3 is 19.3 Å². The Kier molecular flexibility index (Phi) is 5.91. The summed E-state index contributed by atoms with van der Waals surface area (Å²) in [5.74, 6) is -1.03. The van der Waals surface area contributed by atoms with E-state index < -0.39 is 17.6 Å². The average molecular weight is 487 g/mol. The molecule has 1 saturated heterocycles. The minimum atomic E-state index is -4.42. The minimum absolute atomic E-state index is 0.000230. The zero-order valence-corrected chi connectivity index (χ0v) is 17.7. The number of phenols is 1. The average Bonchev–Trinajstić information content (AvgIpc) is 3.26. The van der Waals surface area contributed by atoms with Crippen LogP contribution in [0, 0.1) is 0 Å². The van der Waals surface area contributed by atoms with Gasteiger partial charge in [-0.05, 0) is 30.3 Å². The molecule has 1 aliphatic heterocycles. The fraction of sp³-hybridized carbons (Fsp3) is 0.250. The number of piperazine rings is 1. The molecule has 2 heterocycles. The van der Waals surface area contributed by atoms with E-state index in [1.54, 1.807) is 11.0 Å². The topological polar surface area (TPSA) is 82.7 Å². The molecule has 0 bridgehead atoms.